The summed E-state index contributed by atoms with van der Waals surface area (Å²) in [5, 5.41) is 2.45. The van der Waals surface area contributed by atoms with E-state index in [2.05, 4.69) is 59.3 Å². The summed E-state index contributed by atoms with van der Waals surface area (Å²) >= 11 is 3.65. The van der Waals surface area contributed by atoms with Crippen molar-refractivity contribution in [2.75, 3.05) is 6.61 Å². The van der Waals surface area contributed by atoms with Gasteiger partial charge in [-0.2, -0.15) is 0 Å². The zero-order valence-electron chi connectivity index (χ0n) is 11.5. The molecule has 102 valence electrons. The molecule has 0 heterocycles. The number of benzene rings is 2. The molecule has 0 aromatic heterocycles. The number of fused-ring (bicyclic) bond motifs is 1. The summed E-state index contributed by atoms with van der Waals surface area (Å²) in [7, 11) is 0. The molecular weight excluding hydrogens is 300 g/mol. The zero-order chi connectivity index (χ0) is 13.5. The van der Waals surface area contributed by atoms with E-state index in [-0.39, 0.29) is 0 Å². The third-order valence-electron chi connectivity index (χ3n) is 3.33. The van der Waals surface area contributed by atoms with Crippen LogP contribution in [-0.2, 0) is 0 Å². The second kappa shape index (κ2) is 7.54. The van der Waals surface area contributed by atoms with E-state index < -0.39 is 0 Å². The van der Waals surface area contributed by atoms with Crippen LogP contribution in [0, 0.1) is 0 Å². The Morgan fingerprint density at radius 3 is 2.58 bits per heavy atom. The van der Waals surface area contributed by atoms with Crippen molar-refractivity contribution in [2.45, 2.75) is 39.0 Å². The Balaban J connectivity index is 1.92. The van der Waals surface area contributed by atoms with Gasteiger partial charge in [0.15, 0.2) is 0 Å². The number of rotatable bonds is 7. The van der Waals surface area contributed by atoms with E-state index in [9.17, 15) is 0 Å². The van der Waals surface area contributed by atoms with E-state index in [4.69, 9.17) is 4.74 Å². The van der Waals surface area contributed by atoms with Crippen LogP contribution in [0.15, 0.2) is 40.9 Å². The van der Waals surface area contributed by atoms with E-state index in [0.29, 0.717) is 0 Å². The van der Waals surface area contributed by atoms with Gasteiger partial charge in [-0.3, -0.25) is 0 Å². The normalized spacial score (nSPS) is 10.8. The van der Waals surface area contributed by atoms with Crippen molar-refractivity contribution in [3.05, 3.63) is 40.9 Å². The molecule has 0 aliphatic rings. The molecule has 1 nitrogen and oxygen atoms in total. The fraction of sp³-hybridized carbons (Fsp3) is 0.412. The smallest absolute Gasteiger partial charge is 0.134 e. The molecular formula is C17H21BrO. The van der Waals surface area contributed by atoms with E-state index in [0.717, 1.165) is 23.2 Å². The van der Waals surface area contributed by atoms with E-state index >= 15 is 0 Å². The van der Waals surface area contributed by atoms with Gasteiger partial charge in [-0.1, -0.05) is 62.9 Å². The van der Waals surface area contributed by atoms with Gasteiger partial charge in [-0.15, -0.1) is 0 Å². The Morgan fingerprint density at radius 1 is 0.947 bits per heavy atom. The SMILES string of the molecule is CCCCCCCOc1ccc2ccccc2c1Br. The standard InChI is InChI=1S/C17H21BrO/c1-2-3-4-5-8-13-19-16-12-11-14-9-6-7-10-15(14)17(16)18/h6-7,9-12H,2-5,8,13H2,1H3. The highest BCUT2D eigenvalue weighted by Gasteiger charge is 2.05. The Hall–Kier alpha value is -1.02. The molecule has 0 saturated carbocycles. The maximum Gasteiger partial charge on any atom is 0.134 e. The van der Waals surface area contributed by atoms with Gasteiger partial charge in [0.25, 0.3) is 0 Å². The maximum absolute atomic E-state index is 5.88. The van der Waals surface area contributed by atoms with Crippen LogP contribution < -0.4 is 4.74 Å². The molecule has 0 atom stereocenters. The van der Waals surface area contributed by atoms with Gasteiger partial charge in [0.2, 0.25) is 0 Å². The maximum atomic E-state index is 5.88. The average molecular weight is 321 g/mol. The fourth-order valence-corrected chi connectivity index (χ4v) is 2.82. The molecule has 2 heteroatoms. The first-order valence-corrected chi connectivity index (χ1v) is 7.92. The van der Waals surface area contributed by atoms with Crippen LogP contribution in [-0.4, -0.2) is 6.61 Å². The van der Waals surface area contributed by atoms with Gasteiger partial charge in [0, 0.05) is 0 Å². The van der Waals surface area contributed by atoms with Gasteiger partial charge in [-0.25, -0.2) is 0 Å². The minimum Gasteiger partial charge on any atom is -0.492 e. The van der Waals surface area contributed by atoms with Crippen molar-refractivity contribution in [1.82, 2.24) is 0 Å². The molecule has 2 rings (SSSR count). The van der Waals surface area contributed by atoms with Crippen LogP contribution in [0.2, 0.25) is 0 Å². The summed E-state index contributed by atoms with van der Waals surface area (Å²) in [6, 6.07) is 12.5. The highest BCUT2D eigenvalue weighted by molar-refractivity contribution is 9.10. The topological polar surface area (TPSA) is 9.23 Å². The van der Waals surface area contributed by atoms with Gasteiger partial charge >= 0.3 is 0 Å². The number of hydrogen-bond acceptors (Lipinski definition) is 1. The highest BCUT2D eigenvalue weighted by Crippen LogP contribution is 2.33. The average Bonchev–Trinajstić information content (AvgIpc) is 2.45. The van der Waals surface area contributed by atoms with Gasteiger partial charge < -0.3 is 4.74 Å². The summed E-state index contributed by atoms with van der Waals surface area (Å²) < 4.78 is 6.95. The van der Waals surface area contributed by atoms with Crippen molar-refractivity contribution in [3.63, 3.8) is 0 Å². The lowest BCUT2D eigenvalue weighted by Gasteiger charge is -2.10. The Morgan fingerprint density at radius 2 is 1.74 bits per heavy atom. The van der Waals surface area contributed by atoms with Crippen molar-refractivity contribution in [2.24, 2.45) is 0 Å². The van der Waals surface area contributed by atoms with Crippen LogP contribution in [0.25, 0.3) is 10.8 Å². The van der Waals surface area contributed by atoms with Crippen LogP contribution in [0.4, 0.5) is 0 Å². The van der Waals surface area contributed by atoms with Crippen molar-refractivity contribution in [1.29, 1.82) is 0 Å². The van der Waals surface area contributed by atoms with Crippen LogP contribution in [0.5, 0.6) is 5.75 Å². The van der Waals surface area contributed by atoms with Crippen LogP contribution in [0.1, 0.15) is 39.0 Å². The molecule has 2 aromatic carbocycles. The van der Waals surface area contributed by atoms with Gasteiger partial charge in [-0.05, 0) is 39.2 Å². The predicted octanol–water partition coefficient (Wildman–Crippen LogP) is 5.95. The van der Waals surface area contributed by atoms with Gasteiger partial charge in [0.1, 0.15) is 5.75 Å². The summed E-state index contributed by atoms with van der Waals surface area (Å²) in [6.45, 7) is 3.04. The lowest BCUT2D eigenvalue weighted by atomic mass is 10.1. The third kappa shape index (κ3) is 3.97. The monoisotopic (exact) mass is 320 g/mol. The quantitative estimate of drug-likeness (QED) is 0.572. The van der Waals surface area contributed by atoms with Crippen LogP contribution >= 0.6 is 15.9 Å². The molecule has 0 saturated heterocycles. The molecule has 0 bridgehead atoms. The second-order valence-corrected chi connectivity index (χ2v) is 5.65. The molecule has 0 fully saturated rings. The van der Waals surface area contributed by atoms with Crippen LogP contribution in [0.3, 0.4) is 0 Å². The summed E-state index contributed by atoms with van der Waals surface area (Å²) in [5.41, 5.74) is 0. The summed E-state index contributed by atoms with van der Waals surface area (Å²) in [5.74, 6) is 0.953. The highest BCUT2D eigenvalue weighted by atomic mass is 79.9. The Labute approximate surface area is 124 Å². The van der Waals surface area contributed by atoms with E-state index in [1.165, 1.54) is 36.5 Å². The lowest BCUT2D eigenvalue weighted by Crippen LogP contribution is -1.98. The molecule has 0 radical (unpaired) electrons. The predicted molar refractivity (Wildman–Crippen MR) is 85.9 cm³/mol. The molecule has 0 aliphatic carbocycles. The zero-order valence-corrected chi connectivity index (χ0v) is 13.1. The molecule has 0 unspecified atom stereocenters. The first-order valence-electron chi connectivity index (χ1n) is 7.13. The largest absolute Gasteiger partial charge is 0.492 e. The fourth-order valence-electron chi connectivity index (χ4n) is 2.21. The number of halogens is 1. The first-order chi connectivity index (χ1) is 9.33. The molecule has 2 aromatic rings. The number of unbranched alkanes of at least 4 members (excludes halogenated alkanes) is 4. The second-order valence-electron chi connectivity index (χ2n) is 4.86. The van der Waals surface area contributed by atoms with Crippen molar-refractivity contribution >= 4 is 26.7 Å². The summed E-state index contributed by atoms with van der Waals surface area (Å²) in [6.07, 6.45) is 6.34. The Kier molecular flexibility index (Phi) is 5.71. The number of hydrogen-bond donors (Lipinski definition) is 0. The molecule has 0 aliphatic heterocycles. The van der Waals surface area contributed by atoms with E-state index in [1.54, 1.807) is 0 Å². The van der Waals surface area contributed by atoms with E-state index in [1.807, 2.05) is 0 Å². The molecule has 19 heavy (non-hydrogen) atoms. The minimum absolute atomic E-state index is 0.806. The summed E-state index contributed by atoms with van der Waals surface area (Å²) in [4.78, 5) is 0. The number of ether oxygens (including phenoxy) is 1. The Bertz CT molecular complexity index is 522. The minimum atomic E-state index is 0.806. The van der Waals surface area contributed by atoms with Crippen molar-refractivity contribution in [3.8, 4) is 5.75 Å². The third-order valence-corrected chi connectivity index (χ3v) is 4.15. The lowest BCUT2D eigenvalue weighted by molar-refractivity contribution is 0.303. The first kappa shape index (κ1) is 14.4. The van der Waals surface area contributed by atoms with Crippen molar-refractivity contribution < 1.29 is 4.74 Å². The molecule has 0 amide bonds. The van der Waals surface area contributed by atoms with Gasteiger partial charge in [0.05, 0.1) is 11.1 Å². The molecule has 0 spiro atoms. The molecule has 0 N–H and O–H groups in total.